The Morgan fingerprint density at radius 3 is 3.00 bits per heavy atom. The first-order valence-electron chi connectivity index (χ1n) is 3.76. The molecule has 0 bridgehead atoms. The van der Waals surface area contributed by atoms with Gasteiger partial charge in [-0.05, 0) is 6.08 Å². The average molecular weight is 178 g/mol. The van der Waals surface area contributed by atoms with Gasteiger partial charge in [0.1, 0.15) is 12.5 Å². The predicted molar refractivity (Wildman–Crippen MR) is 48.8 cm³/mol. The van der Waals surface area contributed by atoms with Gasteiger partial charge in [0.05, 0.1) is 17.6 Å². The molecule has 0 amide bonds. The van der Waals surface area contributed by atoms with Gasteiger partial charge in [0, 0.05) is 5.70 Å². The SMILES string of the molecule is NC1=Cc2ncncc2N(N)C1N. The monoisotopic (exact) mass is 178 g/mol. The molecule has 0 aliphatic carbocycles. The number of aromatic nitrogens is 2. The summed E-state index contributed by atoms with van der Waals surface area (Å²) in [5.74, 6) is 5.69. The van der Waals surface area contributed by atoms with Crippen LogP contribution in [0, 0.1) is 0 Å². The molecule has 1 aromatic heterocycles. The standard InChI is InChI=1S/C7H10N6/c8-4-1-5-6(2-11-3-12-5)13(10)7(4)9/h1-3,7H,8-10H2. The van der Waals surface area contributed by atoms with Gasteiger partial charge in [0.15, 0.2) is 0 Å². The van der Waals surface area contributed by atoms with E-state index in [1.807, 2.05) is 0 Å². The molecular weight excluding hydrogens is 168 g/mol. The van der Waals surface area contributed by atoms with E-state index >= 15 is 0 Å². The van der Waals surface area contributed by atoms with E-state index in [1.54, 1.807) is 12.3 Å². The Hall–Kier alpha value is -1.66. The van der Waals surface area contributed by atoms with Gasteiger partial charge in [0.2, 0.25) is 0 Å². The molecule has 2 rings (SSSR count). The molecule has 0 spiro atoms. The van der Waals surface area contributed by atoms with E-state index in [4.69, 9.17) is 17.3 Å². The molecule has 1 aliphatic heterocycles. The lowest BCUT2D eigenvalue weighted by molar-refractivity contribution is 0.688. The van der Waals surface area contributed by atoms with Gasteiger partial charge < -0.3 is 11.5 Å². The minimum Gasteiger partial charge on any atom is -0.399 e. The molecule has 1 atom stereocenters. The first kappa shape index (κ1) is 7.96. The first-order chi connectivity index (χ1) is 6.20. The summed E-state index contributed by atoms with van der Waals surface area (Å²) >= 11 is 0. The second-order valence-electron chi connectivity index (χ2n) is 2.79. The van der Waals surface area contributed by atoms with Crippen molar-refractivity contribution >= 4 is 11.8 Å². The minimum absolute atomic E-state index is 0.494. The fourth-order valence-corrected chi connectivity index (χ4v) is 1.20. The van der Waals surface area contributed by atoms with Crippen LogP contribution in [-0.2, 0) is 0 Å². The van der Waals surface area contributed by atoms with E-state index < -0.39 is 6.17 Å². The molecule has 1 unspecified atom stereocenters. The molecule has 6 nitrogen and oxygen atoms in total. The summed E-state index contributed by atoms with van der Waals surface area (Å²) < 4.78 is 0. The molecule has 6 N–H and O–H groups in total. The van der Waals surface area contributed by atoms with E-state index in [2.05, 4.69) is 9.97 Å². The van der Waals surface area contributed by atoms with Crippen molar-refractivity contribution in [3.8, 4) is 0 Å². The number of fused-ring (bicyclic) bond motifs is 1. The summed E-state index contributed by atoms with van der Waals surface area (Å²) in [5.41, 5.74) is 13.2. The molecule has 6 heteroatoms. The van der Waals surface area contributed by atoms with Crippen molar-refractivity contribution in [1.82, 2.24) is 9.97 Å². The van der Waals surface area contributed by atoms with E-state index in [0.29, 0.717) is 17.1 Å². The van der Waals surface area contributed by atoms with Crippen molar-refractivity contribution < 1.29 is 0 Å². The first-order valence-corrected chi connectivity index (χ1v) is 3.76. The van der Waals surface area contributed by atoms with Gasteiger partial charge in [-0.15, -0.1) is 0 Å². The molecule has 13 heavy (non-hydrogen) atoms. The number of hydrogen-bond donors (Lipinski definition) is 3. The Morgan fingerprint density at radius 2 is 2.23 bits per heavy atom. The van der Waals surface area contributed by atoms with Crippen LogP contribution in [0.2, 0.25) is 0 Å². The maximum Gasteiger partial charge on any atom is 0.132 e. The Labute approximate surface area is 75.0 Å². The second-order valence-corrected chi connectivity index (χ2v) is 2.79. The molecule has 0 saturated heterocycles. The van der Waals surface area contributed by atoms with Crippen LogP contribution in [-0.4, -0.2) is 16.1 Å². The zero-order valence-electron chi connectivity index (χ0n) is 6.88. The van der Waals surface area contributed by atoms with Crippen molar-refractivity contribution in [2.75, 3.05) is 5.01 Å². The fraction of sp³-hybridized carbons (Fsp3) is 0.143. The van der Waals surface area contributed by atoms with Crippen LogP contribution in [0.15, 0.2) is 18.2 Å². The normalized spacial score (nSPS) is 20.9. The van der Waals surface area contributed by atoms with Crippen LogP contribution in [0.5, 0.6) is 0 Å². The van der Waals surface area contributed by atoms with Gasteiger partial charge in [0.25, 0.3) is 0 Å². The van der Waals surface area contributed by atoms with Gasteiger partial charge in [-0.25, -0.2) is 15.8 Å². The molecule has 1 aliphatic rings. The highest BCUT2D eigenvalue weighted by Crippen LogP contribution is 2.23. The van der Waals surface area contributed by atoms with Gasteiger partial charge in [-0.3, -0.25) is 5.01 Å². The van der Waals surface area contributed by atoms with Crippen molar-refractivity contribution in [2.24, 2.45) is 17.3 Å². The van der Waals surface area contributed by atoms with E-state index in [0.717, 1.165) is 0 Å². The lowest BCUT2D eigenvalue weighted by Gasteiger charge is -2.30. The average Bonchev–Trinajstić information content (AvgIpc) is 2.15. The molecular formula is C7H10N6. The Morgan fingerprint density at radius 1 is 1.46 bits per heavy atom. The highest BCUT2D eigenvalue weighted by atomic mass is 15.5. The molecule has 0 radical (unpaired) electrons. The third-order valence-electron chi connectivity index (χ3n) is 1.95. The minimum atomic E-state index is -0.501. The van der Waals surface area contributed by atoms with Crippen molar-refractivity contribution in [3.63, 3.8) is 0 Å². The fourth-order valence-electron chi connectivity index (χ4n) is 1.20. The Bertz CT molecular complexity index is 360. The number of anilines is 1. The van der Waals surface area contributed by atoms with Crippen molar-refractivity contribution in [1.29, 1.82) is 0 Å². The van der Waals surface area contributed by atoms with Gasteiger partial charge >= 0.3 is 0 Å². The Kier molecular flexibility index (Phi) is 1.64. The van der Waals surface area contributed by atoms with E-state index in [9.17, 15) is 0 Å². The molecule has 68 valence electrons. The second kappa shape index (κ2) is 2.68. The van der Waals surface area contributed by atoms with E-state index in [1.165, 1.54) is 11.3 Å². The number of hydrogen-bond acceptors (Lipinski definition) is 6. The summed E-state index contributed by atoms with van der Waals surface area (Å²) in [6, 6.07) is 0. The van der Waals surface area contributed by atoms with Crippen LogP contribution < -0.4 is 22.3 Å². The molecule has 2 heterocycles. The quantitative estimate of drug-likeness (QED) is 0.429. The summed E-state index contributed by atoms with van der Waals surface area (Å²) in [6.45, 7) is 0. The van der Waals surface area contributed by atoms with E-state index in [-0.39, 0.29) is 0 Å². The number of nitrogens with zero attached hydrogens (tertiary/aromatic N) is 3. The highest BCUT2D eigenvalue weighted by Gasteiger charge is 2.22. The maximum absolute atomic E-state index is 5.69. The number of rotatable bonds is 0. The summed E-state index contributed by atoms with van der Waals surface area (Å²) in [4.78, 5) is 7.86. The van der Waals surface area contributed by atoms with Crippen LogP contribution in [0.1, 0.15) is 5.69 Å². The third kappa shape index (κ3) is 1.12. The van der Waals surface area contributed by atoms with Crippen LogP contribution in [0.3, 0.4) is 0 Å². The van der Waals surface area contributed by atoms with Gasteiger partial charge in [-0.2, -0.15) is 0 Å². The molecule has 1 aromatic rings. The topological polar surface area (TPSA) is 107 Å². The molecule has 0 saturated carbocycles. The number of hydrazine groups is 1. The predicted octanol–water partition coefficient (Wildman–Crippen LogP) is -1.25. The van der Waals surface area contributed by atoms with Crippen molar-refractivity contribution in [2.45, 2.75) is 6.17 Å². The molecule has 0 aromatic carbocycles. The number of nitrogens with two attached hydrogens (primary N) is 3. The summed E-state index contributed by atoms with van der Waals surface area (Å²) in [7, 11) is 0. The molecule has 0 fully saturated rings. The summed E-state index contributed by atoms with van der Waals surface area (Å²) in [6.07, 6.45) is 4.24. The smallest absolute Gasteiger partial charge is 0.132 e. The maximum atomic E-state index is 5.69. The van der Waals surface area contributed by atoms with Gasteiger partial charge in [-0.1, -0.05) is 0 Å². The summed E-state index contributed by atoms with van der Waals surface area (Å²) in [5, 5.41) is 1.35. The van der Waals surface area contributed by atoms with Crippen molar-refractivity contribution in [3.05, 3.63) is 23.9 Å². The lowest BCUT2D eigenvalue weighted by atomic mass is 10.2. The van der Waals surface area contributed by atoms with Crippen LogP contribution in [0.4, 0.5) is 5.69 Å². The van der Waals surface area contributed by atoms with Crippen LogP contribution in [0.25, 0.3) is 6.08 Å². The largest absolute Gasteiger partial charge is 0.399 e. The Balaban J connectivity index is 2.56. The van der Waals surface area contributed by atoms with Crippen LogP contribution >= 0.6 is 0 Å². The highest BCUT2D eigenvalue weighted by molar-refractivity contribution is 5.69. The zero-order chi connectivity index (χ0) is 9.42. The third-order valence-corrected chi connectivity index (χ3v) is 1.95. The zero-order valence-corrected chi connectivity index (χ0v) is 6.88. The lowest BCUT2D eigenvalue weighted by Crippen LogP contribution is -2.51.